The summed E-state index contributed by atoms with van der Waals surface area (Å²) in [6, 6.07) is 5.24. The van der Waals surface area contributed by atoms with Gasteiger partial charge in [0.15, 0.2) is 5.65 Å². The van der Waals surface area contributed by atoms with Crippen molar-refractivity contribution in [2.45, 2.75) is 33.2 Å². The third-order valence-electron chi connectivity index (χ3n) is 4.04. The zero-order chi connectivity index (χ0) is 19.0. The van der Waals surface area contributed by atoms with Crippen molar-refractivity contribution in [2.75, 3.05) is 5.32 Å². The first-order chi connectivity index (χ1) is 12.3. The van der Waals surface area contributed by atoms with E-state index in [0.29, 0.717) is 22.7 Å². The first kappa shape index (κ1) is 18.6. The van der Waals surface area contributed by atoms with Crippen molar-refractivity contribution in [3.05, 3.63) is 57.2 Å². The van der Waals surface area contributed by atoms with Crippen molar-refractivity contribution in [1.29, 1.82) is 0 Å². The van der Waals surface area contributed by atoms with Gasteiger partial charge in [0.2, 0.25) is 0 Å². The van der Waals surface area contributed by atoms with Crippen LogP contribution in [0.2, 0.25) is 0 Å². The van der Waals surface area contributed by atoms with Crippen LogP contribution in [0.3, 0.4) is 0 Å². The lowest BCUT2D eigenvalue weighted by atomic mass is 10.0. The number of hydrogen-bond acceptors (Lipinski definition) is 4. The fourth-order valence-corrected chi connectivity index (χ4v) is 3.01. The Morgan fingerprint density at radius 3 is 2.46 bits per heavy atom. The Morgan fingerprint density at radius 2 is 1.77 bits per heavy atom. The molecule has 2 heterocycles. The summed E-state index contributed by atoms with van der Waals surface area (Å²) in [6.45, 7) is 5.27. The highest BCUT2D eigenvalue weighted by atomic mass is 79.9. The lowest BCUT2D eigenvalue weighted by molar-refractivity contribution is 0.146. The van der Waals surface area contributed by atoms with Gasteiger partial charge in [-0.3, -0.25) is 0 Å². The fourth-order valence-electron chi connectivity index (χ4n) is 2.69. The van der Waals surface area contributed by atoms with Crippen molar-refractivity contribution in [2.24, 2.45) is 0 Å². The van der Waals surface area contributed by atoms with Gasteiger partial charge in [0.1, 0.15) is 17.5 Å². The number of hydrogen-bond donors (Lipinski definition) is 1. The normalized spacial score (nSPS) is 12.6. The van der Waals surface area contributed by atoms with Crippen LogP contribution in [-0.2, 0) is 0 Å². The molecule has 0 aliphatic rings. The first-order valence-electron chi connectivity index (χ1n) is 7.92. The summed E-state index contributed by atoms with van der Waals surface area (Å²) in [5, 5.41) is 3.76. The summed E-state index contributed by atoms with van der Waals surface area (Å²) < 4.78 is 41.1. The number of fused-ring (bicyclic) bond motifs is 1. The van der Waals surface area contributed by atoms with Crippen LogP contribution >= 0.6 is 15.9 Å². The Kier molecular flexibility index (Phi) is 5.13. The summed E-state index contributed by atoms with van der Waals surface area (Å²) in [7, 11) is 0. The number of aromatic nitrogens is 3. The van der Waals surface area contributed by atoms with E-state index in [2.05, 4.69) is 36.2 Å². The average Bonchev–Trinajstić information content (AvgIpc) is 2.56. The zero-order valence-electron chi connectivity index (χ0n) is 14.3. The number of halogens is 4. The molecule has 3 rings (SSSR count). The van der Waals surface area contributed by atoms with Gasteiger partial charge in [0.25, 0.3) is 6.43 Å². The van der Waals surface area contributed by atoms with Crippen LogP contribution in [-0.4, -0.2) is 15.0 Å². The summed E-state index contributed by atoms with van der Waals surface area (Å²) in [5.41, 5.74) is 0.825. The van der Waals surface area contributed by atoms with Crippen molar-refractivity contribution < 1.29 is 13.2 Å². The van der Waals surface area contributed by atoms with Gasteiger partial charge in [-0.25, -0.2) is 28.1 Å². The molecular formula is C18H16BrF3N4. The molecular weight excluding hydrogens is 409 g/mol. The number of benzene rings is 1. The maximum absolute atomic E-state index is 14.4. The highest BCUT2D eigenvalue weighted by Gasteiger charge is 2.20. The molecule has 0 saturated carbocycles. The predicted octanol–water partition coefficient (Wildman–Crippen LogP) is 5.65. The van der Waals surface area contributed by atoms with E-state index >= 15 is 0 Å². The second kappa shape index (κ2) is 7.19. The fraction of sp³-hybridized carbons (Fsp3) is 0.278. The van der Waals surface area contributed by atoms with Crippen LogP contribution < -0.4 is 5.32 Å². The van der Waals surface area contributed by atoms with E-state index in [9.17, 15) is 13.2 Å². The van der Waals surface area contributed by atoms with Gasteiger partial charge in [-0.05, 0) is 42.8 Å². The summed E-state index contributed by atoms with van der Waals surface area (Å²) in [5.74, 6) is 0.0611. The Balaban J connectivity index is 2.04. The van der Waals surface area contributed by atoms with Crippen LogP contribution in [0.1, 0.15) is 42.0 Å². The summed E-state index contributed by atoms with van der Waals surface area (Å²) >= 11 is 3.43. The van der Waals surface area contributed by atoms with Crippen molar-refractivity contribution in [3.63, 3.8) is 0 Å². The van der Waals surface area contributed by atoms with Gasteiger partial charge in [-0.2, -0.15) is 0 Å². The van der Waals surface area contributed by atoms with E-state index in [-0.39, 0.29) is 5.56 Å². The molecule has 0 aliphatic carbocycles. The molecule has 0 radical (unpaired) electrons. The number of anilines is 1. The lowest BCUT2D eigenvalue weighted by Crippen LogP contribution is -2.12. The molecule has 26 heavy (non-hydrogen) atoms. The number of alkyl halides is 2. The maximum atomic E-state index is 14.4. The second-order valence-corrected chi connectivity index (χ2v) is 6.82. The molecule has 1 N–H and O–H groups in total. The number of nitrogens with zero attached hydrogens (tertiary/aromatic N) is 3. The highest BCUT2D eigenvalue weighted by Crippen LogP contribution is 2.31. The van der Waals surface area contributed by atoms with Gasteiger partial charge >= 0.3 is 0 Å². The second-order valence-electron chi connectivity index (χ2n) is 5.96. The minimum Gasteiger partial charge on any atom is -0.363 e. The molecule has 4 nitrogen and oxygen atoms in total. The first-order valence-corrected chi connectivity index (χ1v) is 8.71. The minimum absolute atomic E-state index is 0.145. The Labute approximate surface area is 157 Å². The average molecular weight is 425 g/mol. The Hall–Kier alpha value is -2.22. The van der Waals surface area contributed by atoms with Crippen molar-refractivity contribution in [1.82, 2.24) is 15.0 Å². The van der Waals surface area contributed by atoms with E-state index in [1.165, 1.54) is 12.1 Å². The molecule has 0 fully saturated rings. The zero-order valence-corrected chi connectivity index (χ0v) is 15.9. The van der Waals surface area contributed by atoms with Gasteiger partial charge < -0.3 is 5.32 Å². The smallest absolute Gasteiger partial charge is 0.266 e. The molecule has 0 unspecified atom stereocenters. The van der Waals surface area contributed by atoms with Crippen LogP contribution in [0.25, 0.3) is 11.0 Å². The number of nitrogens with one attached hydrogen (secondary N) is 1. The molecule has 0 amide bonds. The molecule has 0 saturated heterocycles. The number of aryl methyl sites for hydroxylation is 2. The van der Waals surface area contributed by atoms with Gasteiger partial charge in [-0.1, -0.05) is 18.2 Å². The van der Waals surface area contributed by atoms with E-state index in [1.807, 2.05) is 13.0 Å². The van der Waals surface area contributed by atoms with E-state index in [4.69, 9.17) is 0 Å². The maximum Gasteiger partial charge on any atom is 0.266 e. The molecule has 2 aromatic heterocycles. The standard InChI is InChI=1S/C18H16BrF3N4/c1-8(11-5-4-6-12(15(11)20)16(21)22)23-17-13-7-14(19)9(2)24-18(13)26-10(3)25-17/h4-8,16H,1-3H3,(H,23,24,25,26)/t8-/m1/s1. The predicted molar refractivity (Wildman–Crippen MR) is 97.9 cm³/mol. The van der Waals surface area contributed by atoms with Crippen LogP contribution in [0, 0.1) is 19.7 Å². The monoisotopic (exact) mass is 424 g/mol. The van der Waals surface area contributed by atoms with Crippen LogP contribution in [0.15, 0.2) is 28.7 Å². The van der Waals surface area contributed by atoms with Gasteiger partial charge in [0.05, 0.1) is 22.7 Å². The molecule has 1 aromatic carbocycles. The lowest BCUT2D eigenvalue weighted by Gasteiger charge is -2.18. The Morgan fingerprint density at radius 1 is 1.08 bits per heavy atom. The summed E-state index contributed by atoms with van der Waals surface area (Å²) in [4.78, 5) is 13.1. The molecule has 3 aromatic rings. The number of rotatable bonds is 4. The van der Waals surface area contributed by atoms with Crippen LogP contribution in [0.4, 0.5) is 19.0 Å². The van der Waals surface area contributed by atoms with Crippen LogP contribution in [0.5, 0.6) is 0 Å². The quantitative estimate of drug-likeness (QED) is 0.587. The SMILES string of the molecule is Cc1nc(N[C@H](C)c2cccc(C(F)F)c2F)c2cc(Br)c(C)nc2n1. The highest BCUT2D eigenvalue weighted by molar-refractivity contribution is 9.10. The third-order valence-corrected chi connectivity index (χ3v) is 4.84. The largest absolute Gasteiger partial charge is 0.363 e. The minimum atomic E-state index is -2.87. The van der Waals surface area contributed by atoms with Crippen molar-refractivity contribution >= 4 is 32.8 Å². The number of pyridine rings is 1. The van der Waals surface area contributed by atoms with E-state index in [0.717, 1.165) is 16.2 Å². The van der Waals surface area contributed by atoms with Gasteiger partial charge in [0, 0.05) is 10.0 Å². The third kappa shape index (κ3) is 3.51. The molecule has 136 valence electrons. The molecule has 8 heteroatoms. The molecule has 0 spiro atoms. The molecule has 0 bridgehead atoms. The molecule has 0 aliphatic heterocycles. The summed E-state index contributed by atoms with van der Waals surface area (Å²) in [6.07, 6.45) is -2.87. The van der Waals surface area contributed by atoms with E-state index < -0.39 is 23.8 Å². The van der Waals surface area contributed by atoms with Gasteiger partial charge in [-0.15, -0.1) is 0 Å². The topological polar surface area (TPSA) is 50.7 Å². The molecule has 1 atom stereocenters. The van der Waals surface area contributed by atoms with E-state index in [1.54, 1.807) is 13.8 Å². The van der Waals surface area contributed by atoms with Crippen molar-refractivity contribution in [3.8, 4) is 0 Å². The Bertz CT molecular complexity index is 978.